The number of nitrogens with zero attached hydrogens (tertiary/aromatic N) is 2. The van der Waals surface area contributed by atoms with Crippen molar-refractivity contribution in [2.45, 2.75) is 19.9 Å². The van der Waals surface area contributed by atoms with Gasteiger partial charge in [0.25, 0.3) is 5.91 Å². The van der Waals surface area contributed by atoms with Crippen molar-refractivity contribution < 1.29 is 19.1 Å². The van der Waals surface area contributed by atoms with Gasteiger partial charge in [-0.15, -0.1) is 0 Å². The van der Waals surface area contributed by atoms with Crippen LogP contribution >= 0.6 is 0 Å². The highest BCUT2D eigenvalue weighted by atomic mass is 16.5. The molecule has 2 rings (SSSR count). The third-order valence-corrected chi connectivity index (χ3v) is 4.48. The number of piperazine rings is 1. The molecule has 1 aromatic carbocycles. The van der Waals surface area contributed by atoms with E-state index in [1.165, 1.54) is 0 Å². The van der Waals surface area contributed by atoms with Crippen LogP contribution in [-0.4, -0.2) is 82.3 Å². The van der Waals surface area contributed by atoms with Gasteiger partial charge in [0.2, 0.25) is 5.91 Å². The average molecular weight is 420 g/mol. The van der Waals surface area contributed by atoms with E-state index in [-0.39, 0.29) is 18.4 Å². The van der Waals surface area contributed by atoms with E-state index in [0.29, 0.717) is 45.0 Å². The summed E-state index contributed by atoms with van der Waals surface area (Å²) in [5, 5.41) is 9.23. The second kappa shape index (κ2) is 13.6. The molecule has 0 aliphatic carbocycles. The molecule has 1 saturated heterocycles. The Morgan fingerprint density at radius 1 is 1.20 bits per heavy atom. The van der Waals surface area contributed by atoms with Gasteiger partial charge in [0, 0.05) is 45.5 Å². The van der Waals surface area contributed by atoms with Gasteiger partial charge in [-0.25, -0.2) is 4.99 Å². The number of amides is 2. The molecule has 2 amide bonds. The lowest BCUT2D eigenvalue weighted by Gasteiger charge is -2.26. The van der Waals surface area contributed by atoms with Crippen LogP contribution in [0.1, 0.15) is 29.3 Å². The van der Waals surface area contributed by atoms with Gasteiger partial charge in [0.1, 0.15) is 0 Å². The molecule has 1 heterocycles. The highest BCUT2D eigenvalue weighted by Gasteiger charge is 2.21. The number of ether oxygens (including phenoxy) is 2. The topological polar surface area (TPSA) is 104 Å². The summed E-state index contributed by atoms with van der Waals surface area (Å²) >= 11 is 0. The fraction of sp³-hybridized carbons (Fsp3) is 0.571. The second-order valence-electron chi connectivity index (χ2n) is 6.85. The summed E-state index contributed by atoms with van der Waals surface area (Å²) < 4.78 is 10.4. The van der Waals surface area contributed by atoms with E-state index in [9.17, 15) is 9.59 Å². The summed E-state index contributed by atoms with van der Waals surface area (Å²) in [6.45, 7) is 7.07. The van der Waals surface area contributed by atoms with Crippen LogP contribution in [-0.2, 0) is 20.8 Å². The maximum Gasteiger partial charge on any atom is 0.254 e. The van der Waals surface area contributed by atoms with Crippen LogP contribution in [0.2, 0.25) is 0 Å². The standard InChI is InChI=1S/C21H33N5O4/c1-3-22-21(24-9-4-12-30-14-13-29-2)25-15-17-5-7-18(8-6-17)20(28)26-11-10-23-19(27)16-26/h5-8H,3-4,9-16H2,1-2H3,(H,23,27)(H2,22,24,25). The number of aliphatic imine (C=N–C) groups is 1. The Bertz CT molecular complexity index is 693. The number of hydrogen-bond donors (Lipinski definition) is 3. The number of carbonyl (C=O) groups excluding carboxylic acids is 2. The molecule has 0 atom stereocenters. The Labute approximate surface area is 178 Å². The first-order chi connectivity index (χ1) is 14.6. The first kappa shape index (κ1) is 23.6. The number of nitrogens with one attached hydrogen (secondary N) is 3. The third-order valence-electron chi connectivity index (χ3n) is 4.48. The molecule has 0 unspecified atom stereocenters. The maximum atomic E-state index is 12.5. The van der Waals surface area contributed by atoms with Crippen LogP contribution in [0, 0.1) is 0 Å². The minimum Gasteiger partial charge on any atom is -0.382 e. The van der Waals surface area contributed by atoms with Crippen LogP contribution < -0.4 is 16.0 Å². The van der Waals surface area contributed by atoms with Crippen molar-refractivity contribution >= 4 is 17.8 Å². The van der Waals surface area contributed by atoms with Gasteiger partial charge in [-0.2, -0.15) is 0 Å². The van der Waals surface area contributed by atoms with Crippen molar-refractivity contribution in [1.29, 1.82) is 0 Å². The molecular formula is C21H33N5O4. The van der Waals surface area contributed by atoms with Gasteiger partial charge in [-0.05, 0) is 31.0 Å². The monoisotopic (exact) mass is 419 g/mol. The number of benzene rings is 1. The number of guanidine groups is 1. The Morgan fingerprint density at radius 2 is 2.00 bits per heavy atom. The van der Waals surface area contributed by atoms with Gasteiger partial charge in [0.15, 0.2) is 5.96 Å². The highest BCUT2D eigenvalue weighted by Crippen LogP contribution is 2.10. The second-order valence-corrected chi connectivity index (χ2v) is 6.85. The van der Waals surface area contributed by atoms with Crippen LogP contribution in [0.5, 0.6) is 0 Å². The molecule has 9 heteroatoms. The molecule has 1 aliphatic heterocycles. The normalized spacial score (nSPS) is 14.4. The van der Waals surface area contributed by atoms with Crippen molar-refractivity contribution in [2.24, 2.45) is 4.99 Å². The van der Waals surface area contributed by atoms with Gasteiger partial charge < -0.3 is 30.3 Å². The molecule has 1 aromatic rings. The Hall–Kier alpha value is -2.65. The summed E-state index contributed by atoms with van der Waals surface area (Å²) in [7, 11) is 1.66. The number of hydrogen-bond acceptors (Lipinski definition) is 5. The molecular weight excluding hydrogens is 386 g/mol. The largest absolute Gasteiger partial charge is 0.382 e. The van der Waals surface area contributed by atoms with Crippen LogP contribution in [0.4, 0.5) is 0 Å². The number of methoxy groups -OCH3 is 1. The van der Waals surface area contributed by atoms with Crippen LogP contribution in [0.25, 0.3) is 0 Å². The molecule has 9 nitrogen and oxygen atoms in total. The zero-order valence-electron chi connectivity index (χ0n) is 17.9. The Kier molecular flexibility index (Phi) is 10.7. The Morgan fingerprint density at radius 3 is 2.70 bits per heavy atom. The van der Waals surface area contributed by atoms with Gasteiger partial charge in [-0.3, -0.25) is 9.59 Å². The third kappa shape index (κ3) is 8.38. The van der Waals surface area contributed by atoms with E-state index < -0.39 is 0 Å². The van der Waals surface area contributed by atoms with E-state index in [4.69, 9.17) is 9.47 Å². The lowest BCUT2D eigenvalue weighted by atomic mass is 10.1. The average Bonchev–Trinajstić information content (AvgIpc) is 2.76. The molecule has 0 saturated carbocycles. The van der Waals surface area contributed by atoms with Crippen molar-refractivity contribution in [2.75, 3.05) is 59.7 Å². The predicted molar refractivity (Wildman–Crippen MR) is 115 cm³/mol. The lowest BCUT2D eigenvalue weighted by Crippen LogP contribution is -2.49. The minimum absolute atomic E-state index is 0.111. The van der Waals surface area contributed by atoms with Crippen molar-refractivity contribution in [3.05, 3.63) is 35.4 Å². The first-order valence-corrected chi connectivity index (χ1v) is 10.4. The molecule has 0 radical (unpaired) electrons. The molecule has 1 aliphatic rings. The van der Waals surface area contributed by atoms with Crippen molar-refractivity contribution in [3.63, 3.8) is 0 Å². The first-order valence-electron chi connectivity index (χ1n) is 10.4. The molecule has 0 bridgehead atoms. The minimum atomic E-state index is -0.123. The fourth-order valence-electron chi connectivity index (χ4n) is 2.88. The zero-order chi connectivity index (χ0) is 21.6. The SMILES string of the molecule is CCNC(=NCc1ccc(C(=O)N2CCNC(=O)C2)cc1)NCCCOCCOC. The van der Waals surface area contributed by atoms with Crippen LogP contribution in [0.3, 0.4) is 0 Å². The molecule has 30 heavy (non-hydrogen) atoms. The highest BCUT2D eigenvalue weighted by molar-refractivity contribution is 5.97. The molecule has 0 aromatic heterocycles. The van der Waals surface area contributed by atoms with E-state index in [0.717, 1.165) is 31.0 Å². The summed E-state index contributed by atoms with van der Waals surface area (Å²) in [5.41, 5.74) is 1.58. The number of carbonyl (C=O) groups is 2. The van der Waals surface area contributed by atoms with Crippen molar-refractivity contribution in [3.8, 4) is 0 Å². The van der Waals surface area contributed by atoms with Gasteiger partial charge in [0.05, 0.1) is 26.3 Å². The van der Waals surface area contributed by atoms with E-state index in [1.807, 2.05) is 19.1 Å². The zero-order valence-corrected chi connectivity index (χ0v) is 17.9. The molecule has 3 N–H and O–H groups in total. The summed E-state index contributed by atoms with van der Waals surface area (Å²) in [4.78, 5) is 30.2. The van der Waals surface area contributed by atoms with Gasteiger partial charge >= 0.3 is 0 Å². The maximum absolute atomic E-state index is 12.5. The van der Waals surface area contributed by atoms with Crippen LogP contribution in [0.15, 0.2) is 29.3 Å². The lowest BCUT2D eigenvalue weighted by molar-refractivity contribution is -0.123. The summed E-state index contributed by atoms with van der Waals surface area (Å²) in [6, 6.07) is 7.37. The quantitative estimate of drug-likeness (QED) is 0.272. The molecule has 166 valence electrons. The molecule has 0 spiro atoms. The summed E-state index contributed by atoms with van der Waals surface area (Å²) in [6.07, 6.45) is 0.874. The fourth-order valence-corrected chi connectivity index (χ4v) is 2.88. The smallest absolute Gasteiger partial charge is 0.254 e. The van der Waals surface area contributed by atoms with Gasteiger partial charge in [-0.1, -0.05) is 12.1 Å². The summed E-state index contributed by atoms with van der Waals surface area (Å²) in [5.74, 6) is 0.502. The Balaban J connectivity index is 1.80. The molecule has 1 fully saturated rings. The van der Waals surface area contributed by atoms with E-state index in [1.54, 1.807) is 24.1 Å². The van der Waals surface area contributed by atoms with E-state index in [2.05, 4.69) is 20.9 Å². The van der Waals surface area contributed by atoms with Crippen molar-refractivity contribution in [1.82, 2.24) is 20.9 Å². The number of rotatable bonds is 11. The van der Waals surface area contributed by atoms with E-state index >= 15 is 0 Å². The predicted octanol–water partition coefficient (Wildman–Crippen LogP) is 0.367.